The van der Waals surface area contributed by atoms with Crippen molar-refractivity contribution in [3.05, 3.63) is 78.4 Å². The average Bonchev–Trinajstić information content (AvgIpc) is 2.63. The van der Waals surface area contributed by atoms with Crippen LogP contribution in [0.3, 0.4) is 0 Å². The molecule has 1 atom stereocenters. The van der Waals surface area contributed by atoms with Crippen LogP contribution in [0.15, 0.2) is 67.3 Å². The minimum Gasteiger partial charge on any atom is -0.381 e. The molecule has 0 radical (unpaired) electrons. The van der Waals surface area contributed by atoms with Crippen LogP contribution in [0.2, 0.25) is 0 Å². The fourth-order valence-corrected chi connectivity index (χ4v) is 3.05. The van der Waals surface area contributed by atoms with Crippen LogP contribution in [0.25, 0.3) is 0 Å². The van der Waals surface area contributed by atoms with Crippen LogP contribution >= 0.6 is 24.8 Å². The Kier molecular flexibility index (Phi) is 9.61. The summed E-state index contributed by atoms with van der Waals surface area (Å²) in [5.74, 6) is 0. The minimum absolute atomic E-state index is 0. The third-order valence-corrected chi connectivity index (χ3v) is 4.36. The second kappa shape index (κ2) is 11.2. The summed E-state index contributed by atoms with van der Waals surface area (Å²) >= 11 is 0. The first-order valence-corrected chi connectivity index (χ1v) is 8.32. The number of nitrogens with one attached hydrogen (secondary N) is 2. The maximum atomic E-state index is 4.03. The monoisotopic (exact) mass is 379 g/mol. The minimum atomic E-state index is 0. The number of anilines is 1. The Labute approximate surface area is 163 Å². The van der Waals surface area contributed by atoms with Gasteiger partial charge >= 0.3 is 0 Å². The SMILES string of the molecule is C=C[C@H](c1ccc(NCc2ccccc2)cc1)N1CCNCC1.Cl.Cl. The predicted octanol–water partition coefficient (Wildman–Crippen LogP) is 4.27. The van der Waals surface area contributed by atoms with E-state index in [1.165, 1.54) is 11.1 Å². The molecule has 2 aromatic rings. The smallest absolute Gasteiger partial charge is 0.0530 e. The van der Waals surface area contributed by atoms with E-state index in [0.717, 1.165) is 38.4 Å². The van der Waals surface area contributed by atoms with Crippen LogP contribution < -0.4 is 10.6 Å². The fourth-order valence-electron chi connectivity index (χ4n) is 3.05. The molecule has 5 heteroatoms. The van der Waals surface area contributed by atoms with Crippen molar-refractivity contribution >= 4 is 30.5 Å². The second-order valence-corrected chi connectivity index (χ2v) is 5.93. The Morgan fingerprint density at radius 3 is 2.24 bits per heavy atom. The first kappa shape index (κ1) is 21.5. The predicted molar refractivity (Wildman–Crippen MR) is 112 cm³/mol. The van der Waals surface area contributed by atoms with E-state index in [4.69, 9.17) is 0 Å². The first-order valence-electron chi connectivity index (χ1n) is 8.32. The summed E-state index contributed by atoms with van der Waals surface area (Å²) in [7, 11) is 0. The van der Waals surface area contributed by atoms with Gasteiger partial charge in [-0.3, -0.25) is 4.90 Å². The summed E-state index contributed by atoms with van der Waals surface area (Å²) in [5.41, 5.74) is 3.76. The highest BCUT2D eigenvalue weighted by molar-refractivity contribution is 5.85. The van der Waals surface area contributed by atoms with E-state index in [1.54, 1.807) is 0 Å². The molecular weight excluding hydrogens is 353 g/mol. The number of piperazine rings is 1. The van der Waals surface area contributed by atoms with Crippen molar-refractivity contribution in [2.75, 3.05) is 31.5 Å². The first-order chi connectivity index (χ1) is 11.4. The summed E-state index contributed by atoms with van der Waals surface area (Å²) < 4.78 is 0. The maximum Gasteiger partial charge on any atom is 0.0530 e. The third-order valence-electron chi connectivity index (χ3n) is 4.36. The van der Waals surface area contributed by atoms with Crippen molar-refractivity contribution in [2.45, 2.75) is 12.6 Å². The van der Waals surface area contributed by atoms with E-state index in [9.17, 15) is 0 Å². The molecule has 0 saturated carbocycles. The maximum absolute atomic E-state index is 4.03. The molecule has 0 amide bonds. The molecule has 25 heavy (non-hydrogen) atoms. The van der Waals surface area contributed by atoms with Gasteiger partial charge in [0.15, 0.2) is 0 Å². The number of benzene rings is 2. The summed E-state index contributed by atoms with van der Waals surface area (Å²) in [4.78, 5) is 2.48. The molecule has 3 rings (SSSR count). The Hall–Kier alpha value is -1.52. The number of rotatable bonds is 6. The van der Waals surface area contributed by atoms with Crippen molar-refractivity contribution in [3.8, 4) is 0 Å². The lowest BCUT2D eigenvalue weighted by Gasteiger charge is -2.33. The molecule has 1 fully saturated rings. The van der Waals surface area contributed by atoms with E-state index in [1.807, 2.05) is 6.07 Å². The lowest BCUT2D eigenvalue weighted by molar-refractivity contribution is 0.203. The Morgan fingerprint density at radius 2 is 1.64 bits per heavy atom. The molecule has 0 aromatic heterocycles. The number of hydrogen-bond donors (Lipinski definition) is 2. The van der Waals surface area contributed by atoms with Gasteiger partial charge in [0.05, 0.1) is 6.04 Å². The van der Waals surface area contributed by atoms with Crippen LogP contribution in [0.1, 0.15) is 17.2 Å². The molecule has 1 saturated heterocycles. The summed E-state index contributed by atoms with van der Waals surface area (Å²) in [6.07, 6.45) is 2.05. The van der Waals surface area contributed by atoms with E-state index in [0.29, 0.717) is 6.04 Å². The summed E-state index contributed by atoms with van der Waals surface area (Å²) in [6.45, 7) is 9.14. The highest BCUT2D eigenvalue weighted by Crippen LogP contribution is 2.24. The van der Waals surface area contributed by atoms with Gasteiger partial charge in [0.2, 0.25) is 0 Å². The van der Waals surface area contributed by atoms with Gasteiger partial charge in [0.25, 0.3) is 0 Å². The van der Waals surface area contributed by atoms with E-state index >= 15 is 0 Å². The molecular formula is C20H27Cl2N3. The van der Waals surface area contributed by atoms with E-state index in [2.05, 4.69) is 76.7 Å². The van der Waals surface area contributed by atoms with Crippen molar-refractivity contribution in [1.29, 1.82) is 0 Å². The van der Waals surface area contributed by atoms with Crippen molar-refractivity contribution in [1.82, 2.24) is 10.2 Å². The lowest BCUT2D eigenvalue weighted by atomic mass is 10.0. The second-order valence-electron chi connectivity index (χ2n) is 5.93. The van der Waals surface area contributed by atoms with Gasteiger partial charge in [0.1, 0.15) is 0 Å². The number of hydrogen-bond acceptors (Lipinski definition) is 3. The number of halogens is 2. The topological polar surface area (TPSA) is 27.3 Å². The molecule has 2 aromatic carbocycles. The fraction of sp³-hybridized carbons (Fsp3) is 0.300. The van der Waals surface area contributed by atoms with Crippen LogP contribution in [-0.4, -0.2) is 31.1 Å². The summed E-state index contributed by atoms with van der Waals surface area (Å²) in [6, 6.07) is 19.5. The quantitative estimate of drug-likeness (QED) is 0.733. The molecule has 0 spiro atoms. The normalized spacial score (nSPS) is 15.4. The Bertz CT molecular complexity index is 611. The number of nitrogens with zero attached hydrogens (tertiary/aromatic N) is 1. The molecule has 1 heterocycles. The van der Waals surface area contributed by atoms with Gasteiger partial charge in [-0.1, -0.05) is 48.5 Å². The zero-order chi connectivity index (χ0) is 15.9. The molecule has 1 aliphatic heterocycles. The van der Waals surface area contributed by atoms with Gasteiger partial charge in [0, 0.05) is 38.4 Å². The third kappa shape index (κ3) is 6.05. The van der Waals surface area contributed by atoms with Crippen LogP contribution in [0.4, 0.5) is 5.69 Å². The molecule has 1 aliphatic rings. The van der Waals surface area contributed by atoms with Crippen molar-refractivity contribution in [2.24, 2.45) is 0 Å². The molecule has 0 unspecified atom stereocenters. The van der Waals surface area contributed by atoms with Crippen molar-refractivity contribution in [3.63, 3.8) is 0 Å². The molecule has 3 nitrogen and oxygen atoms in total. The highest BCUT2D eigenvalue weighted by atomic mass is 35.5. The van der Waals surface area contributed by atoms with Gasteiger partial charge in [-0.25, -0.2) is 0 Å². The van der Waals surface area contributed by atoms with Gasteiger partial charge in [-0.05, 0) is 23.3 Å². The van der Waals surface area contributed by atoms with Gasteiger partial charge in [-0.15, -0.1) is 31.4 Å². The van der Waals surface area contributed by atoms with Crippen LogP contribution in [-0.2, 0) is 6.54 Å². The van der Waals surface area contributed by atoms with Crippen LogP contribution in [0, 0.1) is 0 Å². The Morgan fingerprint density at radius 1 is 1.00 bits per heavy atom. The molecule has 0 bridgehead atoms. The molecule has 2 N–H and O–H groups in total. The zero-order valence-corrected chi connectivity index (χ0v) is 16.0. The van der Waals surface area contributed by atoms with Crippen molar-refractivity contribution < 1.29 is 0 Å². The van der Waals surface area contributed by atoms with Gasteiger partial charge < -0.3 is 10.6 Å². The van der Waals surface area contributed by atoms with Gasteiger partial charge in [-0.2, -0.15) is 0 Å². The largest absolute Gasteiger partial charge is 0.381 e. The van der Waals surface area contributed by atoms with Crippen LogP contribution in [0.5, 0.6) is 0 Å². The Balaban J connectivity index is 0.00000156. The highest BCUT2D eigenvalue weighted by Gasteiger charge is 2.19. The molecule has 136 valence electrons. The molecule has 0 aliphatic carbocycles. The zero-order valence-electron chi connectivity index (χ0n) is 14.4. The van der Waals surface area contributed by atoms with E-state index in [-0.39, 0.29) is 24.8 Å². The summed E-state index contributed by atoms with van der Waals surface area (Å²) in [5, 5.41) is 6.88. The standard InChI is InChI=1S/C20H25N3.2ClH/c1-2-20(23-14-12-21-13-15-23)18-8-10-19(11-9-18)22-16-17-6-4-3-5-7-17;;/h2-11,20-22H,1,12-16H2;2*1H/t20-;;/m1../s1. The van der Waals surface area contributed by atoms with E-state index < -0.39 is 0 Å². The lowest BCUT2D eigenvalue weighted by Crippen LogP contribution is -2.44. The average molecular weight is 380 g/mol.